The maximum atomic E-state index is 12.2. The Morgan fingerprint density at radius 3 is 2.50 bits per heavy atom. The lowest BCUT2D eigenvalue weighted by atomic mass is 9.87. The third-order valence-corrected chi connectivity index (χ3v) is 5.25. The summed E-state index contributed by atoms with van der Waals surface area (Å²) in [4.78, 5) is 12.2. The van der Waals surface area contributed by atoms with Gasteiger partial charge in [-0.25, -0.2) is 0 Å². The Morgan fingerprint density at radius 2 is 1.86 bits per heavy atom. The number of carbonyl (C=O) groups is 1. The second kappa shape index (κ2) is 8.37. The molecule has 28 heavy (non-hydrogen) atoms. The van der Waals surface area contributed by atoms with Crippen molar-refractivity contribution in [1.29, 1.82) is 0 Å². The van der Waals surface area contributed by atoms with Crippen molar-refractivity contribution in [3.8, 4) is 11.5 Å². The molecule has 1 amide bonds. The molecule has 7 heteroatoms. The summed E-state index contributed by atoms with van der Waals surface area (Å²) in [6.45, 7) is 8.39. The minimum Gasteiger partial charge on any atom is -0.411 e. The summed E-state index contributed by atoms with van der Waals surface area (Å²) >= 11 is 7.14. The lowest BCUT2D eigenvalue weighted by molar-refractivity contribution is -0.113. The Labute approximate surface area is 173 Å². The van der Waals surface area contributed by atoms with Gasteiger partial charge in [0.05, 0.1) is 5.75 Å². The summed E-state index contributed by atoms with van der Waals surface area (Å²) in [5.41, 5.74) is 3.82. The number of amides is 1. The van der Waals surface area contributed by atoms with Gasteiger partial charge in [0.2, 0.25) is 11.8 Å². The summed E-state index contributed by atoms with van der Waals surface area (Å²) in [5, 5.41) is 12.0. The SMILES string of the molecule is Cc1cc(Cl)ccc1NC(=O)CSc1nnc(-c2ccc(C(C)(C)C)cc2)o1. The first-order valence-electron chi connectivity index (χ1n) is 8.85. The first-order valence-corrected chi connectivity index (χ1v) is 10.2. The summed E-state index contributed by atoms with van der Waals surface area (Å²) in [5.74, 6) is 0.466. The van der Waals surface area contributed by atoms with Gasteiger partial charge in [0, 0.05) is 16.3 Å². The summed E-state index contributed by atoms with van der Waals surface area (Å²) in [7, 11) is 0. The molecule has 3 rings (SSSR count). The van der Waals surface area contributed by atoms with Crippen molar-refractivity contribution in [1.82, 2.24) is 10.2 Å². The van der Waals surface area contributed by atoms with Crippen LogP contribution in [0.5, 0.6) is 0 Å². The number of anilines is 1. The maximum absolute atomic E-state index is 12.2. The van der Waals surface area contributed by atoms with Crippen molar-refractivity contribution in [2.45, 2.75) is 38.3 Å². The number of rotatable bonds is 5. The first-order chi connectivity index (χ1) is 13.2. The average Bonchev–Trinajstić information content (AvgIpc) is 3.11. The molecule has 3 aromatic rings. The minimum atomic E-state index is -0.148. The number of halogens is 1. The highest BCUT2D eigenvalue weighted by Crippen LogP contribution is 2.27. The zero-order chi connectivity index (χ0) is 20.3. The van der Waals surface area contributed by atoms with E-state index in [-0.39, 0.29) is 17.1 Å². The minimum absolute atomic E-state index is 0.0875. The normalized spacial score (nSPS) is 11.5. The van der Waals surface area contributed by atoms with Gasteiger partial charge in [-0.3, -0.25) is 4.79 Å². The van der Waals surface area contributed by atoms with Gasteiger partial charge >= 0.3 is 0 Å². The Balaban J connectivity index is 1.59. The van der Waals surface area contributed by atoms with Crippen LogP contribution in [0.15, 0.2) is 52.1 Å². The van der Waals surface area contributed by atoms with E-state index in [9.17, 15) is 4.79 Å². The van der Waals surface area contributed by atoms with E-state index in [1.807, 2.05) is 19.1 Å². The molecule has 0 atom stereocenters. The van der Waals surface area contributed by atoms with Gasteiger partial charge in [0.25, 0.3) is 5.22 Å². The van der Waals surface area contributed by atoms with Crippen LogP contribution in [0, 0.1) is 6.92 Å². The predicted molar refractivity (Wildman–Crippen MR) is 114 cm³/mol. The van der Waals surface area contributed by atoms with E-state index in [1.165, 1.54) is 17.3 Å². The molecule has 0 aliphatic heterocycles. The van der Waals surface area contributed by atoms with Gasteiger partial charge in [-0.15, -0.1) is 10.2 Å². The molecule has 0 unspecified atom stereocenters. The molecule has 0 saturated heterocycles. The topological polar surface area (TPSA) is 68.0 Å². The van der Waals surface area contributed by atoms with Crippen LogP contribution in [-0.2, 0) is 10.2 Å². The zero-order valence-electron chi connectivity index (χ0n) is 16.2. The van der Waals surface area contributed by atoms with Crippen molar-refractivity contribution in [2.24, 2.45) is 0 Å². The molecule has 2 aromatic carbocycles. The second-order valence-electron chi connectivity index (χ2n) is 7.50. The Morgan fingerprint density at radius 1 is 1.14 bits per heavy atom. The van der Waals surface area contributed by atoms with Crippen LogP contribution in [0.3, 0.4) is 0 Å². The quantitative estimate of drug-likeness (QED) is 0.539. The molecule has 0 aliphatic rings. The molecule has 0 aliphatic carbocycles. The molecule has 0 saturated carbocycles. The van der Waals surface area contributed by atoms with Crippen molar-refractivity contribution in [3.05, 3.63) is 58.6 Å². The Kier molecular flexibility index (Phi) is 6.10. The smallest absolute Gasteiger partial charge is 0.277 e. The summed E-state index contributed by atoms with van der Waals surface area (Å²) < 4.78 is 5.68. The molecular weight excluding hydrogens is 394 g/mol. The van der Waals surface area contributed by atoms with Crippen LogP contribution >= 0.6 is 23.4 Å². The molecule has 0 spiro atoms. The third-order valence-electron chi connectivity index (χ3n) is 4.19. The number of thioether (sulfide) groups is 1. The fraction of sp³-hybridized carbons (Fsp3) is 0.286. The Bertz CT molecular complexity index is 978. The van der Waals surface area contributed by atoms with Crippen LogP contribution in [0.1, 0.15) is 31.9 Å². The fourth-order valence-corrected chi connectivity index (χ4v) is 3.37. The van der Waals surface area contributed by atoms with E-state index in [4.69, 9.17) is 16.0 Å². The van der Waals surface area contributed by atoms with E-state index in [2.05, 4.69) is 48.4 Å². The van der Waals surface area contributed by atoms with E-state index in [0.717, 1.165) is 16.8 Å². The lowest BCUT2D eigenvalue weighted by Gasteiger charge is -2.18. The number of nitrogens with zero attached hydrogens (tertiary/aromatic N) is 2. The van der Waals surface area contributed by atoms with E-state index >= 15 is 0 Å². The molecule has 5 nitrogen and oxygen atoms in total. The molecule has 146 valence electrons. The molecule has 0 bridgehead atoms. The summed E-state index contributed by atoms with van der Waals surface area (Å²) in [6, 6.07) is 13.4. The standard InChI is InChI=1S/C21H22ClN3O2S/c1-13-11-16(22)9-10-17(13)23-18(26)12-28-20-25-24-19(27-20)14-5-7-15(8-6-14)21(2,3)4/h5-11H,12H2,1-4H3,(H,23,26). The molecule has 1 N–H and O–H groups in total. The molecule has 0 radical (unpaired) electrons. The third kappa shape index (κ3) is 5.14. The van der Waals surface area contributed by atoms with Crippen LogP contribution in [0.2, 0.25) is 5.02 Å². The van der Waals surface area contributed by atoms with Crippen LogP contribution < -0.4 is 5.32 Å². The Hall–Kier alpha value is -2.31. The van der Waals surface area contributed by atoms with Crippen molar-refractivity contribution >= 4 is 35.0 Å². The van der Waals surface area contributed by atoms with Gasteiger partial charge in [-0.05, 0) is 53.8 Å². The number of carbonyl (C=O) groups excluding carboxylic acids is 1. The predicted octanol–water partition coefficient (Wildman–Crippen LogP) is 5.73. The van der Waals surface area contributed by atoms with Crippen LogP contribution in [-0.4, -0.2) is 21.9 Å². The highest BCUT2D eigenvalue weighted by atomic mass is 35.5. The van der Waals surface area contributed by atoms with Crippen LogP contribution in [0.25, 0.3) is 11.5 Å². The zero-order valence-corrected chi connectivity index (χ0v) is 17.8. The van der Waals surface area contributed by atoms with E-state index in [1.54, 1.807) is 18.2 Å². The number of benzene rings is 2. The van der Waals surface area contributed by atoms with Crippen LogP contribution in [0.4, 0.5) is 5.69 Å². The van der Waals surface area contributed by atoms with Crippen molar-refractivity contribution in [3.63, 3.8) is 0 Å². The van der Waals surface area contributed by atoms with Gasteiger partial charge in [0.15, 0.2) is 0 Å². The monoisotopic (exact) mass is 415 g/mol. The van der Waals surface area contributed by atoms with Gasteiger partial charge in [0.1, 0.15) is 0 Å². The average molecular weight is 416 g/mol. The fourth-order valence-electron chi connectivity index (χ4n) is 2.58. The lowest BCUT2D eigenvalue weighted by Crippen LogP contribution is -2.14. The molecule has 1 heterocycles. The number of hydrogen-bond acceptors (Lipinski definition) is 5. The number of aromatic nitrogens is 2. The molecule has 1 aromatic heterocycles. The highest BCUT2D eigenvalue weighted by Gasteiger charge is 2.15. The first kappa shape index (κ1) is 20.4. The number of aryl methyl sites for hydroxylation is 1. The molecule has 0 fully saturated rings. The van der Waals surface area contributed by atoms with Gasteiger partial charge < -0.3 is 9.73 Å². The van der Waals surface area contributed by atoms with E-state index in [0.29, 0.717) is 16.1 Å². The largest absolute Gasteiger partial charge is 0.411 e. The summed E-state index contributed by atoms with van der Waals surface area (Å²) in [6.07, 6.45) is 0. The molecular formula is C21H22ClN3O2S. The van der Waals surface area contributed by atoms with Gasteiger partial charge in [-0.2, -0.15) is 0 Å². The highest BCUT2D eigenvalue weighted by molar-refractivity contribution is 7.99. The number of hydrogen-bond donors (Lipinski definition) is 1. The number of nitrogens with one attached hydrogen (secondary N) is 1. The van der Waals surface area contributed by atoms with Crippen molar-refractivity contribution in [2.75, 3.05) is 11.1 Å². The van der Waals surface area contributed by atoms with Crippen molar-refractivity contribution < 1.29 is 9.21 Å². The van der Waals surface area contributed by atoms with Gasteiger partial charge in [-0.1, -0.05) is 56.3 Å². The maximum Gasteiger partial charge on any atom is 0.277 e. The second-order valence-corrected chi connectivity index (χ2v) is 8.86. The van der Waals surface area contributed by atoms with E-state index < -0.39 is 0 Å².